The van der Waals surface area contributed by atoms with Gasteiger partial charge in [-0.15, -0.1) is 47.5 Å². The Hall–Kier alpha value is -5.19. The van der Waals surface area contributed by atoms with Crippen LogP contribution in [0.4, 0.5) is 0 Å². The third-order valence-corrected chi connectivity index (χ3v) is 12.2. The Morgan fingerprint density at radius 2 is 1.42 bits per heavy atom. The van der Waals surface area contributed by atoms with Crippen molar-refractivity contribution < 1.29 is 28.6 Å². The van der Waals surface area contributed by atoms with Crippen molar-refractivity contribution in [1.82, 2.24) is 9.97 Å². The molecular weight excluding hydrogens is 865 g/mol. The standard InChI is InChI=1S/C29H22NO.C21H22NSi.Ir/c1-29(2,3)20-13-14-30-26(16-20)23-10-6-9-22-25-15-19-12-11-18-7-4-5-8-21(18)24(19)17-27(25)31-28(22)23;1-16-10-11-18(14-20(16)17-8-6-5-7-9-17)21-15-19(12-13-22-21)23(2,3)4;/h4-9,11-17H,1-3H3;5-10,12-15H,1-4H3;/q2*-1;/i;1D3;. The molecule has 3 nitrogen and oxygen atoms in total. The van der Waals surface area contributed by atoms with Crippen LogP contribution in [0.15, 0.2) is 144 Å². The second-order valence-corrected chi connectivity index (χ2v) is 21.0. The van der Waals surface area contributed by atoms with E-state index in [2.05, 4.69) is 141 Å². The van der Waals surface area contributed by atoms with Gasteiger partial charge in [0.2, 0.25) is 0 Å². The van der Waals surface area contributed by atoms with Crippen molar-refractivity contribution in [3.63, 3.8) is 0 Å². The molecule has 0 N–H and O–H groups in total. The van der Waals surface area contributed by atoms with Crippen molar-refractivity contribution in [2.24, 2.45) is 0 Å². The molecule has 0 aliphatic heterocycles. The fourth-order valence-corrected chi connectivity index (χ4v) is 8.15. The molecule has 55 heavy (non-hydrogen) atoms. The molecule has 1 radical (unpaired) electrons. The normalized spacial score (nSPS) is 12.8. The topological polar surface area (TPSA) is 38.9 Å². The summed E-state index contributed by atoms with van der Waals surface area (Å²) < 4.78 is 30.0. The van der Waals surface area contributed by atoms with Crippen LogP contribution in [-0.2, 0) is 25.5 Å². The van der Waals surface area contributed by atoms with E-state index < -0.39 is 14.9 Å². The molecule has 0 saturated carbocycles. The Labute approximate surface area is 343 Å². The van der Waals surface area contributed by atoms with Crippen molar-refractivity contribution in [2.45, 2.75) is 52.7 Å². The van der Waals surface area contributed by atoms with E-state index in [1.807, 2.05) is 54.9 Å². The molecule has 9 rings (SSSR count). The number of furan rings is 1. The van der Waals surface area contributed by atoms with Gasteiger partial charge in [0, 0.05) is 42.0 Å². The van der Waals surface area contributed by atoms with E-state index in [1.165, 1.54) is 32.3 Å². The Balaban J connectivity index is 0.000000177. The molecule has 0 unspecified atom stereocenters. The summed E-state index contributed by atoms with van der Waals surface area (Å²) in [5, 5.41) is 8.45. The minimum atomic E-state index is -2.19. The van der Waals surface area contributed by atoms with Crippen molar-refractivity contribution in [2.75, 3.05) is 0 Å². The second kappa shape index (κ2) is 15.1. The second-order valence-electron chi connectivity index (χ2n) is 16.0. The number of nitrogens with zero attached hydrogens (tertiary/aromatic N) is 2. The first-order chi connectivity index (χ1) is 27.1. The number of hydrogen-bond donors (Lipinski definition) is 0. The minimum absolute atomic E-state index is 0. The molecule has 0 fully saturated rings. The van der Waals surface area contributed by atoms with E-state index in [1.54, 1.807) is 6.07 Å². The third kappa shape index (κ3) is 7.70. The maximum absolute atomic E-state index is 7.86. The maximum atomic E-state index is 7.86. The van der Waals surface area contributed by atoms with Crippen molar-refractivity contribution in [1.29, 1.82) is 0 Å². The maximum Gasteiger partial charge on any atom is 0.121 e. The molecule has 3 aromatic heterocycles. The molecule has 0 saturated heterocycles. The Morgan fingerprint density at radius 3 is 2.20 bits per heavy atom. The Bertz CT molecular complexity index is 2930. The van der Waals surface area contributed by atoms with Gasteiger partial charge in [-0.05, 0) is 73.7 Å². The summed E-state index contributed by atoms with van der Waals surface area (Å²) >= 11 is 0. The van der Waals surface area contributed by atoms with Crippen LogP contribution < -0.4 is 5.19 Å². The average Bonchev–Trinajstić information content (AvgIpc) is 3.57. The fraction of sp³-hybridized carbons (Fsp3) is 0.160. The van der Waals surface area contributed by atoms with Gasteiger partial charge in [-0.3, -0.25) is 0 Å². The van der Waals surface area contributed by atoms with Gasteiger partial charge in [-0.2, -0.15) is 0 Å². The molecule has 3 heterocycles. The van der Waals surface area contributed by atoms with E-state index in [4.69, 9.17) is 8.53 Å². The zero-order valence-electron chi connectivity index (χ0n) is 34.9. The fourth-order valence-electron chi connectivity index (χ4n) is 7.01. The first-order valence-corrected chi connectivity index (χ1v) is 21.9. The number of aryl methyl sites for hydroxylation is 1. The number of aromatic nitrogens is 2. The summed E-state index contributed by atoms with van der Waals surface area (Å²) in [4.78, 5) is 9.15. The average molecular weight is 912 g/mol. The van der Waals surface area contributed by atoms with Crippen LogP contribution >= 0.6 is 0 Å². The summed E-state index contributed by atoms with van der Waals surface area (Å²) in [7, 11) is -1.46. The van der Waals surface area contributed by atoms with Crippen LogP contribution in [0.5, 0.6) is 0 Å². The summed E-state index contributed by atoms with van der Waals surface area (Å²) in [5.41, 5.74) is 8.40. The van der Waals surface area contributed by atoms with Gasteiger partial charge in [0.25, 0.3) is 0 Å². The van der Waals surface area contributed by atoms with Gasteiger partial charge in [-0.25, -0.2) is 0 Å². The number of fused-ring (bicyclic) bond motifs is 6. The van der Waals surface area contributed by atoms with Crippen LogP contribution in [0.2, 0.25) is 19.6 Å². The van der Waals surface area contributed by atoms with E-state index in [0.29, 0.717) is 11.1 Å². The third-order valence-electron chi connectivity index (χ3n) is 10.1. The van der Waals surface area contributed by atoms with Crippen molar-refractivity contribution >= 4 is 56.7 Å². The number of benzene rings is 6. The van der Waals surface area contributed by atoms with Gasteiger partial charge in [0.1, 0.15) is 5.58 Å². The van der Waals surface area contributed by atoms with Crippen LogP contribution in [0.1, 0.15) is 36.0 Å². The Kier molecular flexibility index (Phi) is 9.45. The largest absolute Gasteiger partial charge is 0.501 e. The predicted octanol–water partition coefficient (Wildman–Crippen LogP) is 13.1. The van der Waals surface area contributed by atoms with E-state index in [-0.39, 0.29) is 25.5 Å². The molecule has 0 aliphatic carbocycles. The summed E-state index contributed by atoms with van der Waals surface area (Å²) in [6.45, 7) is 11.3. The summed E-state index contributed by atoms with van der Waals surface area (Å²) in [5.74, 6) is 0. The molecule has 5 heteroatoms. The monoisotopic (exact) mass is 912 g/mol. The van der Waals surface area contributed by atoms with Crippen molar-refractivity contribution in [3.8, 4) is 33.6 Å². The van der Waals surface area contributed by atoms with Crippen molar-refractivity contribution in [3.05, 3.63) is 163 Å². The molecule has 9 aromatic rings. The molecule has 0 aliphatic rings. The van der Waals surface area contributed by atoms with Crippen LogP contribution in [-0.4, -0.2) is 18.0 Å². The number of rotatable bonds is 4. The quantitative estimate of drug-likeness (QED) is 0.100. The number of pyridine rings is 2. The van der Waals surface area contributed by atoms with E-state index >= 15 is 0 Å². The van der Waals surface area contributed by atoms with E-state index in [0.717, 1.165) is 50.0 Å². The molecule has 0 atom stereocenters. The zero-order valence-corrected chi connectivity index (χ0v) is 35.3. The van der Waals surface area contributed by atoms with Gasteiger partial charge in [0.15, 0.2) is 0 Å². The molecule has 0 spiro atoms. The molecule has 0 amide bonds. The van der Waals surface area contributed by atoms with Crippen LogP contribution in [0, 0.1) is 19.0 Å². The predicted molar refractivity (Wildman–Crippen MR) is 231 cm³/mol. The molecule has 275 valence electrons. The van der Waals surface area contributed by atoms with E-state index in [9.17, 15) is 0 Å². The van der Waals surface area contributed by atoms with Crippen LogP contribution in [0.3, 0.4) is 0 Å². The van der Waals surface area contributed by atoms with Gasteiger partial charge >= 0.3 is 0 Å². The SMILES string of the molecule is CC(C)(C)c1ccnc(-c2[c-]ccc3c2oc2cc4c(ccc5ccccc54)cc23)c1.[2H]C([2H])([2H])c1c[c-]c(-c2cc([Si](C)(C)C)ccn2)cc1-c1ccccc1.[Ir]. The first kappa shape index (κ1) is 34.3. The summed E-state index contributed by atoms with van der Waals surface area (Å²) in [6, 6.07) is 49.4. The smallest absolute Gasteiger partial charge is 0.121 e. The molecule has 6 aromatic carbocycles. The first-order valence-electron chi connectivity index (χ1n) is 19.9. The summed E-state index contributed by atoms with van der Waals surface area (Å²) in [6.07, 6.45) is 3.71. The number of hydrogen-bond acceptors (Lipinski definition) is 3. The van der Waals surface area contributed by atoms with Crippen LogP contribution in [0.25, 0.3) is 77.1 Å². The minimum Gasteiger partial charge on any atom is -0.501 e. The van der Waals surface area contributed by atoms with Gasteiger partial charge in [0.05, 0.1) is 13.7 Å². The zero-order chi connectivity index (χ0) is 40.1. The van der Waals surface area contributed by atoms with Gasteiger partial charge in [-0.1, -0.05) is 148 Å². The molecular formula is C50H44IrN2OSi-2. The molecule has 0 bridgehead atoms. The Morgan fingerprint density at radius 1 is 0.673 bits per heavy atom. The van der Waals surface area contributed by atoms with Gasteiger partial charge < -0.3 is 14.4 Å².